The van der Waals surface area contributed by atoms with E-state index in [0.717, 1.165) is 38.5 Å². The quantitative estimate of drug-likeness (QED) is 0.747. The summed E-state index contributed by atoms with van der Waals surface area (Å²) in [6.07, 6.45) is 7.67. The molecule has 90 valence electrons. The molecule has 2 aliphatic rings. The molecule has 2 amide bonds. The van der Waals surface area contributed by atoms with Crippen LogP contribution in [0.4, 0.5) is 0 Å². The maximum Gasteiger partial charge on any atom is 0.239 e. The molecule has 0 atom stereocenters. The van der Waals surface area contributed by atoms with Crippen LogP contribution in [0.2, 0.25) is 0 Å². The number of amides is 2. The summed E-state index contributed by atoms with van der Waals surface area (Å²) in [6, 6.07) is 0.374. The van der Waals surface area contributed by atoms with Crippen LogP contribution >= 0.6 is 0 Å². The van der Waals surface area contributed by atoms with Crippen LogP contribution in [0.1, 0.15) is 44.9 Å². The van der Waals surface area contributed by atoms with E-state index in [1.807, 2.05) is 0 Å². The fourth-order valence-electron chi connectivity index (χ4n) is 2.18. The number of hydrogen-bond donors (Lipinski definition) is 2. The third-order valence-electron chi connectivity index (χ3n) is 3.34. The minimum atomic E-state index is -0.0494. The van der Waals surface area contributed by atoms with E-state index in [0.29, 0.717) is 6.04 Å². The molecule has 2 rings (SSSR count). The van der Waals surface area contributed by atoms with E-state index < -0.39 is 0 Å². The second-order valence-electron chi connectivity index (χ2n) is 4.89. The van der Waals surface area contributed by atoms with Crippen LogP contribution in [-0.2, 0) is 9.59 Å². The molecule has 0 aromatic heterocycles. The van der Waals surface area contributed by atoms with E-state index in [1.54, 1.807) is 0 Å². The van der Waals surface area contributed by atoms with Gasteiger partial charge in [0, 0.05) is 12.0 Å². The van der Waals surface area contributed by atoms with Gasteiger partial charge < -0.3 is 10.6 Å². The summed E-state index contributed by atoms with van der Waals surface area (Å²) in [6.45, 7) is 0.145. The van der Waals surface area contributed by atoms with Crippen molar-refractivity contribution in [2.75, 3.05) is 6.54 Å². The highest BCUT2D eigenvalue weighted by molar-refractivity contribution is 5.86. The third-order valence-corrected chi connectivity index (χ3v) is 3.34. The zero-order chi connectivity index (χ0) is 11.4. The monoisotopic (exact) mass is 224 g/mol. The molecule has 2 saturated carbocycles. The first-order chi connectivity index (χ1) is 7.75. The Morgan fingerprint density at radius 1 is 1.00 bits per heavy atom. The van der Waals surface area contributed by atoms with Gasteiger partial charge in [-0.1, -0.05) is 19.3 Å². The first kappa shape index (κ1) is 11.4. The van der Waals surface area contributed by atoms with E-state index in [9.17, 15) is 9.59 Å². The summed E-state index contributed by atoms with van der Waals surface area (Å²) in [5, 5.41) is 5.59. The van der Waals surface area contributed by atoms with Gasteiger partial charge in [0.05, 0.1) is 6.54 Å². The summed E-state index contributed by atoms with van der Waals surface area (Å²) in [5.41, 5.74) is 0. The van der Waals surface area contributed by atoms with Crippen molar-refractivity contribution in [1.82, 2.24) is 10.6 Å². The third kappa shape index (κ3) is 3.51. The normalized spacial score (nSPS) is 21.5. The van der Waals surface area contributed by atoms with Crippen LogP contribution in [-0.4, -0.2) is 24.4 Å². The molecule has 16 heavy (non-hydrogen) atoms. The Morgan fingerprint density at radius 3 is 2.31 bits per heavy atom. The van der Waals surface area contributed by atoms with Gasteiger partial charge in [0.15, 0.2) is 0 Å². The number of carbonyl (C=O) groups excluding carboxylic acids is 2. The average Bonchev–Trinajstić information content (AvgIpc) is 3.11. The molecule has 0 aliphatic heterocycles. The second kappa shape index (κ2) is 5.32. The number of carbonyl (C=O) groups is 2. The molecule has 4 heteroatoms. The van der Waals surface area contributed by atoms with Gasteiger partial charge in [-0.2, -0.15) is 0 Å². The Hall–Kier alpha value is -1.06. The van der Waals surface area contributed by atoms with Gasteiger partial charge in [0.25, 0.3) is 0 Å². The van der Waals surface area contributed by atoms with Crippen molar-refractivity contribution in [3.05, 3.63) is 0 Å². The van der Waals surface area contributed by atoms with Crippen molar-refractivity contribution >= 4 is 11.8 Å². The highest BCUT2D eigenvalue weighted by atomic mass is 16.2. The molecule has 0 radical (unpaired) electrons. The summed E-state index contributed by atoms with van der Waals surface area (Å²) in [7, 11) is 0. The van der Waals surface area contributed by atoms with Crippen LogP contribution in [0.3, 0.4) is 0 Å². The Morgan fingerprint density at radius 2 is 1.69 bits per heavy atom. The molecule has 0 aromatic carbocycles. The molecular formula is C12H20N2O2. The molecule has 2 aliphatic carbocycles. The lowest BCUT2D eigenvalue weighted by Gasteiger charge is -2.20. The Balaban J connectivity index is 1.63. The van der Waals surface area contributed by atoms with Crippen LogP contribution in [0.5, 0.6) is 0 Å². The SMILES string of the molecule is O=C(CNC(=O)C1CCCCC1)NC1CC1. The lowest BCUT2D eigenvalue weighted by molar-refractivity contribution is -0.129. The van der Waals surface area contributed by atoms with E-state index in [2.05, 4.69) is 10.6 Å². The van der Waals surface area contributed by atoms with Gasteiger partial charge in [0.1, 0.15) is 0 Å². The Labute approximate surface area is 96.2 Å². The molecule has 0 saturated heterocycles. The van der Waals surface area contributed by atoms with Crippen molar-refractivity contribution in [2.24, 2.45) is 5.92 Å². The molecule has 0 bridgehead atoms. The second-order valence-corrected chi connectivity index (χ2v) is 4.89. The number of hydrogen-bond acceptors (Lipinski definition) is 2. The largest absolute Gasteiger partial charge is 0.352 e. The van der Waals surface area contributed by atoms with Crippen molar-refractivity contribution in [3.63, 3.8) is 0 Å². The van der Waals surface area contributed by atoms with Crippen LogP contribution in [0.25, 0.3) is 0 Å². The Bertz CT molecular complexity index is 268. The minimum Gasteiger partial charge on any atom is -0.352 e. The van der Waals surface area contributed by atoms with E-state index in [1.165, 1.54) is 6.42 Å². The van der Waals surface area contributed by atoms with Crippen LogP contribution in [0.15, 0.2) is 0 Å². The van der Waals surface area contributed by atoms with Crippen molar-refractivity contribution < 1.29 is 9.59 Å². The van der Waals surface area contributed by atoms with Gasteiger partial charge >= 0.3 is 0 Å². The zero-order valence-corrected chi connectivity index (χ0v) is 9.63. The predicted octanol–water partition coefficient (Wildman–Crippen LogP) is 0.961. The fourth-order valence-corrected chi connectivity index (χ4v) is 2.18. The van der Waals surface area contributed by atoms with Gasteiger partial charge in [0.2, 0.25) is 11.8 Å². The van der Waals surface area contributed by atoms with Crippen molar-refractivity contribution in [3.8, 4) is 0 Å². The number of rotatable bonds is 4. The first-order valence-electron chi connectivity index (χ1n) is 6.33. The topological polar surface area (TPSA) is 58.2 Å². The van der Waals surface area contributed by atoms with Gasteiger partial charge in [-0.25, -0.2) is 0 Å². The first-order valence-corrected chi connectivity index (χ1v) is 6.33. The van der Waals surface area contributed by atoms with Crippen molar-refractivity contribution in [1.29, 1.82) is 0 Å². The van der Waals surface area contributed by atoms with E-state index in [-0.39, 0.29) is 24.3 Å². The highest BCUT2D eigenvalue weighted by Gasteiger charge is 2.24. The van der Waals surface area contributed by atoms with Crippen molar-refractivity contribution in [2.45, 2.75) is 51.0 Å². The minimum absolute atomic E-state index is 0.0494. The zero-order valence-electron chi connectivity index (χ0n) is 9.63. The standard InChI is InChI=1S/C12H20N2O2/c15-11(14-10-6-7-10)8-13-12(16)9-4-2-1-3-5-9/h9-10H,1-8H2,(H,13,16)(H,14,15). The maximum atomic E-state index is 11.7. The fraction of sp³-hybridized carbons (Fsp3) is 0.833. The molecule has 0 unspecified atom stereocenters. The highest BCUT2D eigenvalue weighted by Crippen LogP contribution is 2.23. The summed E-state index contributed by atoms with van der Waals surface area (Å²) in [5.74, 6) is 0.153. The summed E-state index contributed by atoms with van der Waals surface area (Å²) < 4.78 is 0. The van der Waals surface area contributed by atoms with Gasteiger partial charge in [-0.3, -0.25) is 9.59 Å². The molecule has 0 heterocycles. The Kier molecular flexibility index (Phi) is 3.80. The molecular weight excluding hydrogens is 204 g/mol. The average molecular weight is 224 g/mol. The van der Waals surface area contributed by atoms with Crippen LogP contribution in [0, 0.1) is 5.92 Å². The lowest BCUT2D eigenvalue weighted by atomic mass is 9.89. The summed E-state index contributed by atoms with van der Waals surface area (Å²) >= 11 is 0. The predicted molar refractivity (Wildman–Crippen MR) is 60.7 cm³/mol. The van der Waals surface area contributed by atoms with E-state index >= 15 is 0 Å². The lowest BCUT2D eigenvalue weighted by Crippen LogP contribution is -2.40. The molecule has 0 spiro atoms. The molecule has 2 N–H and O–H groups in total. The van der Waals surface area contributed by atoms with Gasteiger partial charge in [-0.05, 0) is 25.7 Å². The molecule has 0 aromatic rings. The van der Waals surface area contributed by atoms with Gasteiger partial charge in [-0.15, -0.1) is 0 Å². The number of nitrogens with one attached hydrogen (secondary N) is 2. The summed E-state index contributed by atoms with van der Waals surface area (Å²) in [4.78, 5) is 23.1. The molecule has 2 fully saturated rings. The van der Waals surface area contributed by atoms with Crippen LogP contribution < -0.4 is 10.6 Å². The smallest absolute Gasteiger partial charge is 0.239 e. The van der Waals surface area contributed by atoms with E-state index in [4.69, 9.17) is 0 Å². The maximum absolute atomic E-state index is 11.7. The molecule has 4 nitrogen and oxygen atoms in total.